The molecule has 1 N–H and O–H groups in total. The van der Waals surface area contributed by atoms with Crippen molar-refractivity contribution >= 4 is 17.9 Å². The molecule has 120 valence electrons. The van der Waals surface area contributed by atoms with Crippen molar-refractivity contribution in [1.29, 1.82) is 0 Å². The molecular formula is C17H24N2O2S. The van der Waals surface area contributed by atoms with Gasteiger partial charge in [-0.05, 0) is 43.1 Å². The summed E-state index contributed by atoms with van der Waals surface area (Å²) in [7, 11) is 1.45. The molecule has 4 nitrogen and oxygen atoms in total. The molecule has 0 spiro atoms. The fourth-order valence-electron chi connectivity index (χ4n) is 3.34. The van der Waals surface area contributed by atoms with Crippen molar-refractivity contribution < 1.29 is 9.53 Å². The number of hydrogen-bond donors (Lipinski definition) is 1. The van der Waals surface area contributed by atoms with Crippen LogP contribution in [0.15, 0.2) is 29.2 Å². The Bertz CT molecular complexity index is 515. The summed E-state index contributed by atoms with van der Waals surface area (Å²) in [5.41, 5.74) is 1.44. The van der Waals surface area contributed by atoms with E-state index in [2.05, 4.69) is 29.6 Å². The predicted molar refractivity (Wildman–Crippen MR) is 89.3 cm³/mol. The zero-order chi connectivity index (χ0) is 15.4. The van der Waals surface area contributed by atoms with E-state index in [1.807, 2.05) is 11.8 Å². The maximum atomic E-state index is 11.6. The van der Waals surface area contributed by atoms with Crippen molar-refractivity contribution in [3.63, 3.8) is 0 Å². The summed E-state index contributed by atoms with van der Waals surface area (Å²) in [4.78, 5) is 14.8. The maximum absolute atomic E-state index is 11.6. The standard InChI is InChI=1S/C17H24N2O2S/c1-21-17(20)19-10-8-13(9-11-19)18-15-6-4-12-22-16-7-3-2-5-14(15)16/h2-3,5,7,13,15,18H,4,6,8-12H2,1H3/t15-/m1/s1. The summed E-state index contributed by atoms with van der Waals surface area (Å²) in [6.45, 7) is 1.57. The fourth-order valence-corrected chi connectivity index (χ4v) is 4.42. The zero-order valence-electron chi connectivity index (χ0n) is 13.1. The molecule has 2 heterocycles. The number of fused-ring (bicyclic) bond motifs is 1. The molecule has 22 heavy (non-hydrogen) atoms. The van der Waals surface area contributed by atoms with Crippen LogP contribution in [0.4, 0.5) is 4.79 Å². The largest absolute Gasteiger partial charge is 0.453 e. The second-order valence-corrected chi connectivity index (χ2v) is 7.12. The molecule has 0 aromatic heterocycles. The van der Waals surface area contributed by atoms with E-state index in [1.54, 1.807) is 4.90 Å². The van der Waals surface area contributed by atoms with Crippen molar-refractivity contribution in [2.24, 2.45) is 0 Å². The molecule has 0 radical (unpaired) electrons. The minimum absolute atomic E-state index is 0.199. The Kier molecular flexibility index (Phi) is 5.26. The summed E-state index contributed by atoms with van der Waals surface area (Å²) in [5, 5.41) is 3.84. The number of nitrogens with zero attached hydrogens (tertiary/aromatic N) is 1. The zero-order valence-corrected chi connectivity index (χ0v) is 13.9. The molecule has 3 rings (SSSR count). The maximum Gasteiger partial charge on any atom is 0.409 e. The van der Waals surface area contributed by atoms with Crippen LogP contribution in [0.2, 0.25) is 0 Å². The molecular weight excluding hydrogens is 296 g/mol. The second kappa shape index (κ2) is 7.38. The third-order valence-electron chi connectivity index (χ3n) is 4.55. The highest BCUT2D eigenvalue weighted by Crippen LogP contribution is 2.35. The first-order valence-corrected chi connectivity index (χ1v) is 9.07. The van der Waals surface area contributed by atoms with E-state index in [1.165, 1.54) is 36.2 Å². The van der Waals surface area contributed by atoms with Gasteiger partial charge in [0.05, 0.1) is 7.11 Å². The number of benzene rings is 1. The lowest BCUT2D eigenvalue weighted by Crippen LogP contribution is -2.45. The van der Waals surface area contributed by atoms with Gasteiger partial charge in [0.25, 0.3) is 0 Å². The summed E-state index contributed by atoms with van der Waals surface area (Å²) >= 11 is 1.97. The minimum atomic E-state index is -0.199. The number of rotatable bonds is 2. The van der Waals surface area contributed by atoms with Crippen LogP contribution < -0.4 is 5.32 Å². The van der Waals surface area contributed by atoms with Gasteiger partial charge in [0, 0.05) is 30.1 Å². The highest BCUT2D eigenvalue weighted by Gasteiger charge is 2.26. The first kappa shape index (κ1) is 15.7. The van der Waals surface area contributed by atoms with E-state index in [9.17, 15) is 4.79 Å². The molecule has 1 saturated heterocycles. The normalized spacial score (nSPS) is 22.8. The lowest BCUT2D eigenvalue weighted by molar-refractivity contribution is 0.108. The van der Waals surface area contributed by atoms with E-state index in [-0.39, 0.29) is 6.09 Å². The van der Waals surface area contributed by atoms with Crippen molar-refractivity contribution in [1.82, 2.24) is 10.2 Å². The third kappa shape index (κ3) is 3.58. The van der Waals surface area contributed by atoms with Gasteiger partial charge in [-0.25, -0.2) is 4.79 Å². The second-order valence-electron chi connectivity index (χ2n) is 5.98. The highest BCUT2D eigenvalue weighted by atomic mass is 32.2. The molecule has 2 aliphatic heterocycles. The first-order valence-electron chi connectivity index (χ1n) is 8.08. The molecule has 5 heteroatoms. The Balaban J connectivity index is 1.61. The molecule has 0 unspecified atom stereocenters. The summed E-state index contributed by atoms with van der Waals surface area (Å²) in [5.74, 6) is 1.20. The minimum Gasteiger partial charge on any atom is -0.453 e. The summed E-state index contributed by atoms with van der Waals surface area (Å²) in [6, 6.07) is 9.69. The summed E-state index contributed by atoms with van der Waals surface area (Å²) < 4.78 is 4.80. The SMILES string of the molecule is COC(=O)N1CCC(N[C@@H]2CCCSc3ccccc32)CC1. The van der Waals surface area contributed by atoms with Crippen LogP contribution in [-0.2, 0) is 4.74 Å². The number of amides is 1. The molecule has 1 aromatic rings. The predicted octanol–water partition coefficient (Wildman–Crippen LogP) is 3.43. The quantitative estimate of drug-likeness (QED) is 0.906. The van der Waals surface area contributed by atoms with Gasteiger partial charge in [-0.3, -0.25) is 0 Å². The number of hydrogen-bond acceptors (Lipinski definition) is 4. The first-order chi connectivity index (χ1) is 10.8. The molecule has 1 fully saturated rings. The van der Waals surface area contributed by atoms with Gasteiger partial charge >= 0.3 is 6.09 Å². The van der Waals surface area contributed by atoms with Gasteiger partial charge in [-0.2, -0.15) is 0 Å². The van der Waals surface area contributed by atoms with Crippen LogP contribution in [0.3, 0.4) is 0 Å². The number of nitrogens with one attached hydrogen (secondary N) is 1. The van der Waals surface area contributed by atoms with Gasteiger partial charge in [-0.1, -0.05) is 18.2 Å². The number of piperidine rings is 1. The average molecular weight is 320 g/mol. The third-order valence-corrected chi connectivity index (χ3v) is 5.73. The van der Waals surface area contributed by atoms with E-state index in [0.717, 1.165) is 25.9 Å². The molecule has 0 aliphatic carbocycles. The lowest BCUT2D eigenvalue weighted by Gasteiger charge is -2.34. The Morgan fingerprint density at radius 3 is 2.82 bits per heavy atom. The van der Waals surface area contributed by atoms with Crippen LogP contribution in [0.25, 0.3) is 0 Å². The number of carbonyl (C=O) groups excluding carboxylic acids is 1. The van der Waals surface area contributed by atoms with Crippen LogP contribution in [0.5, 0.6) is 0 Å². The Labute approximate surface area is 136 Å². The molecule has 0 saturated carbocycles. The number of ether oxygens (including phenoxy) is 1. The van der Waals surface area contributed by atoms with Gasteiger partial charge < -0.3 is 15.0 Å². The van der Waals surface area contributed by atoms with Crippen LogP contribution in [0, 0.1) is 0 Å². The smallest absolute Gasteiger partial charge is 0.409 e. The van der Waals surface area contributed by atoms with E-state index in [4.69, 9.17) is 4.74 Å². The number of likely N-dealkylation sites (tertiary alicyclic amines) is 1. The average Bonchev–Trinajstić information content (AvgIpc) is 2.77. The van der Waals surface area contributed by atoms with Gasteiger partial charge in [0.1, 0.15) is 0 Å². The number of thioether (sulfide) groups is 1. The Hall–Kier alpha value is -1.20. The van der Waals surface area contributed by atoms with Gasteiger partial charge in [0.2, 0.25) is 0 Å². The van der Waals surface area contributed by atoms with E-state index >= 15 is 0 Å². The van der Waals surface area contributed by atoms with Crippen molar-refractivity contribution in [2.75, 3.05) is 26.0 Å². The van der Waals surface area contributed by atoms with Crippen LogP contribution in [-0.4, -0.2) is 43.0 Å². The van der Waals surface area contributed by atoms with Crippen molar-refractivity contribution in [3.05, 3.63) is 29.8 Å². The van der Waals surface area contributed by atoms with Crippen molar-refractivity contribution in [2.45, 2.75) is 42.7 Å². The molecule has 2 aliphatic rings. The summed E-state index contributed by atoms with van der Waals surface area (Å²) in [6.07, 6.45) is 4.25. The monoisotopic (exact) mass is 320 g/mol. The van der Waals surface area contributed by atoms with E-state index < -0.39 is 0 Å². The lowest BCUT2D eigenvalue weighted by atomic mass is 9.98. The molecule has 0 bridgehead atoms. The molecule has 1 atom stereocenters. The molecule has 1 amide bonds. The van der Waals surface area contributed by atoms with Crippen LogP contribution >= 0.6 is 11.8 Å². The number of carbonyl (C=O) groups is 1. The van der Waals surface area contributed by atoms with Gasteiger partial charge in [0.15, 0.2) is 0 Å². The fraction of sp³-hybridized carbons (Fsp3) is 0.588. The topological polar surface area (TPSA) is 41.6 Å². The molecule has 1 aromatic carbocycles. The Morgan fingerprint density at radius 1 is 1.27 bits per heavy atom. The van der Waals surface area contributed by atoms with E-state index in [0.29, 0.717) is 12.1 Å². The van der Waals surface area contributed by atoms with Crippen molar-refractivity contribution in [3.8, 4) is 0 Å². The van der Waals surface area contributed by atoms with Gasteiger partial charge in [-0.15, -0.1) is 11.8 Å². The van der Waals surface area contributed by atoms with Crippen LogP contribution in [0.1, 0.15) is 37.3 Å². The highest BCUT2D eigenvalue weighted by molar-refractivity contribution is 7.99. The Morgan fingerprint density at radius 2 is 2.05 bits per heavy atom. The number of methoxy groups -OCH3 is 1.